The van der Waals surface area contributed by atoms with Crippen LogP contribution >= 0.6 is 0 Å². The molecule has 0 fully saturated rings. The van der Waals surface area contributed by atoms with Crippen LogP contribution in [-0.4, -0.2) is 26.4 Å². The zero-order chi connectivity index (χ0) is 15.8. The minimum atomic E-state index is -0.111. The van der Waals surface area contributed by atoms with Crippen LogP contribution in [0.25, 0.3) is 10.8 Å². The van der Waals surface area contributed by atoms with E-state index in [0.717, 1.165) is 35.0 Å². The number of carbonyl (C=O) groups excluding carboxylic acids is 1. The molecule has 1 unspecified atom stereocenters. The maximum Gasteiger partial charge on any atom is 0.227 e. The number of anilines is 1. The van der Waals surface area contributed by atoms with Crippen molar-refractivity contribution in [3.05, 3.63) is 47.8 Å². The first-order valence-corrected chi connectivity index (χ1v) is 7.62. The van der Waals surface area contributed by atoms with Crippen molar-refractivity contribution in [2.45, 2.75) is 19.3 Å². The molecule has 1 amide bonds. The molecule has 0 bridgehead atoms. The van der Waals surface area contributed by atoms with E-state index in [0.29, 0.717) is 12.1 Å². The lowest BCUT2D eigenvalue weighted by Gasteiger charge is -2.20. The van der Waals surface area contributed by atoms with Crippen LogP contribution in [0, 0.1) is 5.92 Å². The van der Waals surface area contributed by atoms with E-state index in [-0.39, 0.29) is 17.6 Å². The van der Waals surface area contributed by atoms with Crippen LogP contribution in [0.1, 0.15) is 17.8 Å². The monoisotopic (exact) mass is 308 g/mol. The van der Waals surface area contributed by atoms with Gasteiger partial charge in [0.2, 0.25) is 5.91 Å². The number of phenols is 1. The normalized spacial score (nSPS) is 17.0. The fourth-order valence-corrected chi connectivity index (χ4v) is 3.15. The number of aromatic hydroxyl groups is 1. The van der Waals surface area contributed by atoms with Crippen molar-refractivity contribution in [2.75, 3.05) is 5.32 Å². The average molecular weight is 308 g/mol. The molecule has 116 valence electrons. The smallest absolute Gasteiger partial charge is 0.227 e. The molecule has 1 aromatic heterocycles. The summed E-state index contributed by atoms with van der Waals surface area (Å²) in [5, 5.41) is 25.3. The zero-order valence-corrected chi connectivity index (χ0v) is 12.4. The molecular weight excluding hydrogens is 292 g/mol. The molecule has 0 saturated heterocycles. The average Bonchev–Trinajstić information content (AvgIpc) is 3.03. The third kappa shape index (κ3) is 2.42. The summed E-state index contributed by atoms with van der Waals surface area (Å²) in [4.78, 5) is 12.6. The summed E-state index contributed by atoms with van der Waals surface area (Å²) in [5.74, 6) is 0.0816. The predicted octanol–water partition coefficient (Wildman–Crippen LogP) is 2.41. The van der Waals surface area contributed by atoms with Crippen molar-refractivity contribution in [2.24, 2.45) is 5.92 Å². The van der Waals surface area contributed by atoms with Crippen molar-refractivity contribution >= 4 is 22.4 Å². The van der Waals surface area contributed by atoms with Crippen LogP contribution < -0.4 is 5.32 Å². The minimum absolute atomic E-state index is 0.0190. The van der Waals surface area contributed by atoms with Gasteiger partial charge < -0.3 is 10.4 Å². The van der Waals surface area contributed by atoms with E-state index in [9.17, 15) is 9.90 Å². The number of aromatic amines is 1. The molecule has 0 saturated carbocycles. The molecule has 6 nitrogen and oxygen atoms in total. The van der Waals surface area contributed by atoms with Crippen molar-refractivity contribution in [3.63, 3.8) is 0 Å². The second kappa shape index (κ2) is 5.39. The number of carbonyl (C=O) groups is 1. The number of rotatable bonds is 2. The highest BCUT2D eigenvalue weighted by molar-refractivity contribution is 6.04. The number of nitrogens with zero attached hydrogens (tertiary/aromatic N) is 2. The van der Waals surface area contributed by atoms with Gasteiger partial charge in [0.05, 0.1) is 11.4 Å². The molecular formula is C17H16N4O2. The first-order valence-electron chi connectivity index (χ1n) is 7.62. The van der Waals surface area contributed by atoms with Crippen LogP contribution in [0.15, 0.2) is 36.4 Å². The van der Waals surface area contributed by atoms with Gasteiger partial charge in [-0.15, -0.1) is 0 Å². The largest absolute Gasteiger partial charge is 0.507 e. The van der Waals surface area contributed by atoms with Crippen LogP contribution in [0.5, 0.6) is 5.75 Å². The number of phenolic OH excluding ortho intramolecular Hbond substituents is 1. The number of nitrogens with one attached hydrogen (secondary N) is 2. The summed E-state index contributed by atoms with van der Waals surface area (Å²) < 4.78 is 0. The molecule has 3 N–H and O–H groups in total. The van der Waals surface area contributed by atoms with Gasteiger partial charge in [0.15, 0.2) is 0 Å². The standard InChI is InChI=1S/C17H16N4O2/c22-16-6-2-3-11-12(16)4-1-5-13(11)18-17(23)10-7-8-14-15(9-10)20-21-19-14/h1-6,10,22H,7-9H2,(H,18,23)(H,19,20,21). The summed E-state index contributed by atoms with van der Waals surface area (Å²) in [6.45, 7) is 0. The molecule has 1 atom stereocenters. The Morgan fingerprint density at radius 1 is 1.13 bits per heavy atom. The fourth-order valence-electron chi connectivity index (χ4n) is 3.15. The SMILES string of the molecule is O=C(Nc1cccc2c(O)cccc12)C1CCc2n[nH]nc2C1. The number of H-pyrrole nitrogens is 1. The van der Waals surface area contributed by atoms with E-state index in [1.807, 2.05) is 24.3 Å². The number of aromatic nitrogens is 3. The summed E-state index contributed by atoms with van der Waals surface area (Å²) >= 11 is 0. The van der Waals surface area contributed by atoms with E-state index in [1.165, 1.54) is 0 Å². The molecule has 4 rings (SSSR count). The van der Waals surface area contributed by atoms with Gasteiger partial charge in [-0.25, -0.2) is 0 Å². The van der Waals surface area contributed by atoms with Gasteiger partial charge >= 0.3 is 0 Å². The number of hydrogen-bond donors (Lipinski definition) is 3. The topological polar surface area (TPSA) is 90.9 Å². The molecule has 1 aliphatic rings. The number of aryl methyl sites for hydroxylation is 1. The quantitative estimate of drug-likeness (QED) is 0.678. The predicted molar refractivity (Wildman–Crippen MR) is 86.1 cm³/mol. The first kappa shape index (κ1) is 13.8. The molecule has 0 radical (unpaired) electrons. The van der Waals surface area contributed by atoms with Gasteiger partial charge in [0.25, 0.3) is 0 Å². The van der Waals surface area contributed by atoms with Gasteiger partial charge in [-0.1, -0.05) is 24.3 Å². The number of hydrogen-bond acceptors (Lipinski definition) is 4. The second-order valence-electron chi connectivity index (χ2n) is 5.82. The lowest BCUT2D eigenvalue weighted by atomic mass is 9.89. The Labute approximate surface area is 132 Å². The zero-order valence-electron chi connectivity index (χ0n) is 12.4. The summed E-state index contributed by atoms with van der Waals surface area (Å²) in [7, 11) is 0. The van der Waals surface area contributed by atoms with Crippen LogP contribution in [0.3, 0.4) is 0 Å². The highest BCUT2D eigenvalue weighted by Crippen LogP contribution is 2.31. The fraction of sp³-hybridized carbons (Fsp3) is 0.235. The van der Waals surface area contributed by atoms with Gasteiger partial charge in [-0.2, -0.15) is 15.4 Å². The molecule has 3 aromatic rings. The maximum absolute atomic E-state index is 12.6. The molecule has 23 heavy (non-hydrogen) atoms. The third-order valence-corrected chi connectivity index (χ3v) is 4.40. The summed E-state index contributed by atoms with van der Waals surface area (Å²) in [6, 6.07) is 10.8. The van der Waals surface area contributed by atoms with E-state index in [1.54, 1.807) is 12.1 Å². The molecule has 0 spiro atoms. The van der Waals surface area contributed by atoms with Crippen molar-refractivity contribution in [3.8, 4) is 5.75 Å². The van der Waals surface area contributed by atoms with Crippen molar-refractivity contribution in [1.82, 2.24) is 15.4 Å². The minimum Gasteiger partial charge on any atom is -0.507 e. The Hall–Kier alpha value is -2.89. The van der Waals surface area contributed by atoms with Crippen molar-refractivity contribution < 1.29 is 9.90 Å². The van der Waals surface area contributed by atoms with Crippen LogP contribution in [0.2, 0.25) is 0 Å². The third-order valence-electron chi connectivity index (χ3n) is 4.40. The van der Waals surface area contributed by atoms with Gasteiger partial charge in [0.1, 0.15) is 5.75 Å². The maximum atomic E-state index is 12.6. The van der Waals surface area contributed by atoms with E-state index in [4.69, 9.17) is 0 Å². The lowest BCUT2D eigenvalue weighted by molar-refractivity contribution is -0.120. The molecule has 1 aliphatic carbocycles. The second-order valence-corrected chi connectivity index (χ2v) is 5.82. The first-order chi connectivity index (χ1) is 11.2. The highest BCUT2D eigenvalue weighted by Gasteiger charge is 2.27. The van der Waals surface area contributed by atoms with E-state index in [2.05, 4.69) is 20.7 Å². The molecule has 1 heterocycles. The number of fused-ring (bicyclic) bond motifs is 2. The Bertz CT molecular complexity index is 887. The van der Waals surface area contributed by atoms with Gasteiger partial charge in [-0.3, -0.25) is 4.79 Å². The van der Waals surface area contributed by atoms with E-state index < -0.39 is 0 Å². The van der Waals surface area contributed by atoms with Gasteiger partial charge in [0, 0.05) is 28.8 Å². The number of amides is 1. The van der Waals surface area contributed by atoms with Crippen molar-refractivity contribution in [1.29, 1.82) is 0 Å². The van der Waals surface area contributed by atoms with Crippen LogP contribution in [0.4, 0.5) is 5.69 Å². The summed E-state index contributed by atoms with van der Waals surface area (Å²) in [6.07, 6.45) is 2.13. The molecule has 6 heteroatoms. The Balaban J connectivity index is 1.59. The molecule has 2 aromatic carbocycles. The van der Waals surface area contributed by atoms with Gasteiger partial charge in [-0.05, 0) is 25.0 Å². The number of benzene rings is 2. The Kier molecular flexibility index (Phi) is 3.22. The highest BCUT2D eigenvalue weighted by atomic mass is 16.3. The lowest BCUT2D eigenvalue weighted by Crippen LogP contribution is -2.28. The van der Waals surface area contributed by atoms with Crippen LogP contribution in [-0.2, 0) is 17.6 Å². The molecule has 0 aliphatic heterocycles. The van der Waals surface area contributed by atoms with E-state index >= 15 is 0 Å². The Morgan fingerprint density at radius 3 is 2.83 bits per heavy atom. The Morgan fingerprint density at radius 2 is 1.91 bits per heavy atom. The summed E-state index contributed by atoms with van der Waals surface area (Å²) in [5.41, 5.74) is 2.56.